The molecule has 0 aliphatic heterocycles. The third-order valence-electron chi connectivity index (χ3n) is 3.33. The van der Waals surface area contributed by atoms with Crippen LogP contribution in [0.2, 0.25) is 5.02 Å². The first-order chi connectivity index (χ1) is 7.81. The minimum Gasteiger partial charge on any atom is -0.381 e. The highest BCUT2D eigenvalue weighted by atomic mass is 35.5. The van der Waals surface area contributed by atoms with Crippen LogP contribution in [0.1, 0.15) is 25.7 Å². The number of rotatable bonds is 3. The molecule has 88 valence electrons. The molecule has 0 aromatic carbocycles. The predicted molar refractivity (Wildman–Crippen MR) is 67.7 cm³/mol. The van der Waals surface area contributed by atoms with Crippen molar-refractivity contribution in [2.24, 2.45) is 11.7 Å². The van der Waals surface area contributed by atoms with E-state index in [0.717, 1.165) is 12.2 Å². The van der Waals surface area contributed by atoms with Gasteiger partial charge in [0.25, 0.3) is 0 Å². The summed E-state index contributed by atoms with van der Waals surface area (Å²) >= 11 is 6.08. The van der Waals surface area contributed by atoms with Gasteiger partial charge in [-0.1, -0.05) is 24.4 Å². The van der Waals surface area contributed by atoms with E-state index in [-0.39, 0.29) is 0 Å². The molecular weight excluding hydrogens is 222 g/mol. The molecule has 3 N–H and O–H groups in total. The molecule has 2 atom stereocenters. The fraction of sp³-hybridized carbons (Fsp3) is 0.583. The van der Waals surface area contributed by atoms with E-state index in [1.807, 2.05) is 6.07 Å². The molecule has 3 nitrogen and oxygen atoms in total. The zero-order valence-electron chi connectivity index (χ0n) is 9.32. The van der Waals surface area contributed by atoms with E-state index >= 15 is 0 Å². The van der Waals surface area contributed by atoms with Crippen LogP contribution in [0.5, 0.6) is 0 Å². The van der Waals surface area contributed by atoms with Crippen LogP contribution in [-0.4, -0.2) is 17.6 Å². The topological polar surface area (TPSA) is 50.9 Å². The fourth-order valence-electron chi connectivity index (χ4n) is 2.37. The molecule has 2 rings (SSSR count). The molecule has 4 heteroatoms. The Labute approximate surface area is 101 Å². The number of nitrogens with one attached hydrogen (secondary N) is 1. The minimum atomic E-state index is 0.457. The van der Waals surface area contributed by atoms with Crippen molar-refractivity contribution in [3.8, 4) is 0 Å². The van der Waals surface area contributed by atoms with E-state index in [0.29, 0.717) is 17.0 Å². The van der Waals surface area contributed by atoms with Gasteiger partial charge in [0.05, 0.1) is 10.7 Å². The van der Waals surface area contributed by atoms with Gasteiger partial charge in [0, 0.05) is 18.4 Å². The lowest BCUT2D eigenvalue weighted by atomic mass is 9.84. The Morgan fingerprint density at radius 3 is 3.00 bits per heavy atom. The lowest BCUT2D eigenvalue weighted by Crippen LogP contribution is -2.36. The Morgan fingerprint density at radius 1 is 1.44 bits per heavy atom. The van der Waals surface area contributed by atoms with E-state index in [1.54, 1.807) is 12.4 Å². The van der Waals surface area contributed by atoms with Crippen molar-refractivity contribution in [1.29, 1.82) is 0 Å². The van der Waals surface area contributed by atoms with Crippen LogP contribution < -0.4 is 11.1 Å². The summed E-state index contributed by atoms with van der Waals surface area (Å²) in [5.74, 6) is 0.568. The van der Waals surface area contributed by atoms with Crippen LogP contribution in [0.15, 0.2) is 18.5 Å². The van der Waals surface area contributed by atoms with Crippen molar-refractivity contribution in [3.63, 3.8) is 0 Å². The van der Waals surface area contributed by atoms with Crippen molar-refractivity contribution < 1.29 is 0 Å². The van der Waals surface area contributed by atoms with Gasteiger partial charge in [0.15, 0.2) is 0 Å². The van der Waals surface area contributed by atoms with Crippen LogP contribution in [0.3, 0.4) is 0 Å². The minimum absolute atomic E-state index is 0.457. The van der Waals surface area contributed by atoms with Gasteiger partial charge in [-0.2, -0.15) is 0 Å². The molecule has 1 aliphatic carbocycles. The highest BCUT2D eigenvalue weighted by molar-refractivity contribution is 6.33. The molecule has 0 spiro atoms. The Bertz CT molecular complexity index is 343. The van der Waals surface area contributed by atoms with Gasteiger partial charge in [-0.25, -0.2) is 0 Å². The van der Waals surface area contributed by atoms with Crippen molar-refractivity contribution in [2.45, 2.75) is 31.7 Å². The van der Waals surface area contributed by atoms with Gasteiger partial charge in [0.1, 0.15) is 0 Å². The zero-order chi connectivity index (χ0) is 11.4. The summed E-state index contributed by atoms with van der Waals surface area (Å²) in [5, 5.41) is 4.18. The van der Waals surface area contributed by atoms with E-state index < -0.39 is 0 Å². The molecule has 0 bridgehead atoms. The smallest absolute Gasteiger partial charge is 0.0820 e. The lowest BCUT2D eigenvalue weighted by Gasteiger charge is -2.32. The average Bonchev–Trinajstić information content (AvgIpc) is 2.33. The molecule has 0 radical (unpaired) electrons. The third-order valence-corrected chi connectivity index (χ3v) is 3.63. The molecule has 1 heterocycles. The van der Waals surface area contributed by atoms with E-state index in [2.05, 4.69) is 10.3 Å². The number of anilines is 1. The quantitative estimate of drug-likeness (QED) is 0.853. The first kappa shape index (κ1) is 11.7. The first-order valence-electron chi connectivity index (χ1n) is 5.87. The first-order valence-corrected chi connectivity index (χ1v) is 6.25. The molecule has 0 amide bonds. The van der Waals surface area contributed by atoms with Gasteiger partial charge >= 0.3 is 0 Å². The van der Waals surface area contributed by atoms with Gasteiger partial charge in [-0.15, -0.1) is 0 Å². The number of halogens is 1. The lowest BCUT2D eigenvalue weighted by molar-refractivity contribution is 0.332. The molecule has 1 saturated carbocycles. The van der Waals surface area contributed by atoms with Crippen molar-refractivity contribution >= 4 is 17.3 Å². The van der Waals surface area contributed by atoms with Crippen LogP contribution in [0, 0.1) is 5.92 Å². The molecule has 1 aliphatic rings. The van der Waals surface area contributed by atoms with Gasteiger partial charge in [-0.05, 0) is 31.4 Å². The Hall–Kier alpha value is -0.800. The predicted octanol–water partition coefficient (Wildman–Crippen LogP) is 2.66. The number of hydrogen-bond donors (Lipinski definition) is 2. The summed E-state index contributed by atoms with van der Waals surface area (Å²) in [7, 11) is 0. The number of pyridine rings is 1. The van der Waals surface area contributed by atoms with E-state index in [4.69, 9.17) is 17.3 Å². The van der Waals surface area contributed by atoms with E-state index in [1.165, 1.54) is 25.7 Å². The van der Waals surface area contributed by atoms with Crippen LogP contribution in [0.4, 0.5) is 5.69 Å². The van der Waals surface area contributed by atoms with Crippen LogP contribution >= 0.6 is 11.6 Å². The molecule has 1 aromatic heterocycles. The average molecular weight is 240 g/mol. The second kappa shape index (κ2) is 5.51. The van der Waals surface area contributed by atoms with Crippen LogP contribution in [-0.2, 0) is 0 Å². The maximum absolute atomic E-state index is 6.08. The van der Waals surface area contributed by atoms with Crippen molar-refractivity contribution in [1.82, 2.24) is 4.98 Å². The zero-order valence-corrected chi connectivity index (χ0v) is 10.1. The summed E-state index contributed by atoms with van der Waals surface area (Å²) in [6, 6.07) is 2.38. The Morgan fingerprint density at radius 2 is 2.25 bits per heavy atom. The van der Waals surface area contributed by atoms with Crippen LogP contribution in [0.25, 0.3) is 0 Å². The maximum atomic E-state index is 6.08. The SMILES string of the molecule is NCC1CCCCC1Nc1ccncc1Cl. The number of aromatic nitrogens is 1. The second-order valence-corrected chi connectivity index (χ2v) is 4.79. The number of nitrogens with two attached hydrogens (primary N) is 1. The monoisotopic (exact) mass is 239 g/mol. The van der Waals surface area contributed by atoms with E-state index in [9.17, 15) is 0 Å². The highest BCUT2D eigenvalue weighted by Crippen LogP contribution is 2.28. The largest absolute Gasteiger partial charge is 0.381 e. The summed E-state index contributed by atoms with van der Waals surface area (Å²) in [6.45, 7) is 0.750. The normalized spacial score (nSPS) is 25.4. The summed E-state index contributed by atoms with van der Waals surface area (Å²) < 4.78 is 0. The Balaban J connectivity index is 2.05. The van der Waals surface area contributed by atoms with Gasteiger partial charge < -0.3 is 11.1 Å². The molecule has 1 fully saturated rings. The van der Waals surface area contributed by atoms with Gasteiger partial charge in [0.2, 0.25) is 0 Å². The molecular formula is C12H18ClN3. The van der Waals surface area contributed by atoms with Crippen molar-refractivity contribution in [2.75, 3.05) is 11.9 Å². The molecule has 0 saturated heterocycles. The number of nitrogens with zero attached hydrogens (tertiary/aromatic N) is 1. The maximum Gasteiger partial charge on any atom is 0.0820 e. The number of hydrogen-bond acceptors (Lipinski definition) is 3. The highest BCUT2D eigenvalue weighted by Gasteiger charge is 2.24. The summed E-state index contributed by atoms with van der Waals surface area (Å²) in [5.41, 5.74) is 6.77. The molecule has 2 unspecified atom stereocenters. The fourth-order valence-corrected chi connectivity index (χ4v) is 2.55. The van der Waals surface area contributed by atoms with Gasteiger partial charge in [-0.3, -0.25) is 4.98 Å². The second-order valence-electron chi connectivity index (χ2n) is 4.39. The molecule has 16 heavy (non-hydrogen) atoms. The van der Waals surface area contributed by atoms with Crippen molar-refractivity contribution in [3.05, 3.63) is 23.5 Å². The summed E-state index contributed by atoms with van der Waals surface area (Å²) in [6.07, 6.45) is 8.40. The molecule has 1 aromatic rings. The third kappa shape index (κ3) is 2.66. The Kier molecular flexibility index (Phi) is 4.02. The standard InChI is InChI=1S/C12H18ClN3/c13-10-8-15-6-5-12(10)16-11-4-2-1-3-9(11)7-14/h5-6,8-9,11H,1-4,7,14H2,(H,15,16). The summed E-state index contributed by atoms with van der Waals surface area (Å²) in [4.78, 5) is 3.98.